The van der Waals surface area contributed by atoms with E-state index in [1.54, 1.807) is 68.7 Å². The lowest BCUT2D eigenvalue weighted by Crippen LogP contribution is -2.24. The Morgan fingerprint density at radius 2 is 1.69 bits per heavy atom. The summed E-state index contributed by atoms with van der Waals surface area (Å²) in [4.78, 5) is 45.8. The molecule has 4 aromatic rings. The van der Waals surface area contributed by atoms with Gasteiger partial charge in [-0.05, 0) is 48.7 Å². The number of aromatic nitrogens is 3. The van der Waals surface area contributed by atoms with Gasteiger partial charge in [0.25, 0.3) is 5.22 Å². The lowest BCUT2D eigenvalue weighted by Gasteiger charge is -2.33. The molecule has 2 heterocycles. The first kappa shape index (κ1) is 29.0. The fourth-order valence-electron chi connectivity index (χ4n) is 4.35. The standard InChI is InChI=1S/C27H28ClN4O5PS/c1-3-27(4-2,38(34,35)36)19-8-12-21(13-9-19)31-23(33)15-14-22-24(18-6-10-20(28)11-7-18)32-26(37-22)39-25-29-16-5-17-30-25/h5-13,16-17H,3-4,14-15H2,1-2H3,(H,31,33)(H2,34,35,36). The average molecular weight is 587 g/mol. The predicted molar refractivity (Wildman–Crippen MR) is 151 cm³/mol. The maximum absolute atomic E-state index is 12.8. The van der Waals surface area contributed by atoms with Crippen LogP contribution in [-0.4, -0.2) is 30.6 Å². The van der Waals surface area contributed by atoms with Crippen molar-refractivity contribution < 1.29 is 23.6 Å². The summed E-state index contributed by atoms with van der Waals surface area (Å²) < 4.78 is 18.2. The van der Waals surface area contributed by atoms with Gasteiger partial charge in [-0.2, -0.15) is 0 Å². The van der Waals surface area contributed by atoms with Crippen LogP contribution in [0.3, 0.4) is 0 Å². The summed E-state index contributed by atoms with van der Waals surface area (Å²) in [7, 11) is -4.39. The molecule has 12 heteroatoms. The third-order valence-electron chi connectivity index (χ3n) is 6.53. The molecule has 0 radical (unpaired) electrons. The number of benzene rings is 2. The number of anilines is 1. The summed E-state index contributed by atoms with van der Waals surface area (Å²) in [6, 6.07) is 15.5. The maximum Gasteiger partial charge on any atom is 0.335 e. The summed E-state index contributed by atoms with van der Waals surface area (Å²) in [5.74, 6) is 0.299. The van der Waals surface area contributed by atoms with E-state index < -0.39 is 12.8 Å². The molecule has 3 N–H and O–H groups in total. The highest BCUT2D eigenvalue weighted by Crippen LogP contribution is 2.60. The van der Waals surface area contributed by atoms with Crippen LogP contribution in [0.15, 0.2) is 81.8 Å². The van der Waals surface area contributed by atoms with Gasteiger partial charge in [0.15, 0.2) is 5.16 Å². The Hall–Kier alpha value is -3.01. The molecule has 0 saturated heterocycles. The van der Waals surface area contributed by atoms with E-state index in [0.29, 0.717) is 50.9 Å². The van der Waals surface area contributed by atoms with Crippen molar-refractivity contribution in [3.63, 3.8) is 0 Å². The number of carbonyl (C=O) groups is 1. The van der Waals surface area contributed by atoms with Crippen LogP contribution in [0.5, 0.6) is 0 Å². The molecule has 0 unspecified atom stereocenters. The zero-order valence-corrected chi connectivity index (χ0v) is 23.8. The smallest absolute Gasteiger partial charge is 0.335 e. The van der Waals surface area contributed by atoms with Crippen LogP contribution in [0, 0.1) is 0 Å². The van der Waals surface area contributed by atoms with Crippen molar-refractivity contribution >= 4 is 42.6 Å². The number of nitrogens with zero attached hydrogens (tertiary/aromatic N) is 3. The third-order valence-corrected chi connectivity index (χ3v) is 9.53. The van der Waals surface area contributed by atoms with E-state index in [-0.39, 0.29) is 18.7 Å². The van der Waals surface area contributed by atoms with Crippen molar-refractivity contribution in [1.82, 2.24) is 15.0 Å². The average Bonchev–Trinajstić information content (AvgIpc) is 3.32. The van der Waals surface area contributed by atoms with Crippen molar-refractivity contribution in [2.45, 2.75) is 55.1 Å². The van der Waals surface area contributed by atoms with Gasteiger partial charge >= 0.3 is 7.60 Å². The first-order chi connectivity index (χ1) is 18.6. The Labute approximate surface area is 235 Å². The van der Waals surface area contributed by atoms with Gasteiger partial charge in [-0.1, -0.05) is 49.7 Å². The Bertz CT molecular complexity index is 1460. The van der Waals surface area contributed by atoms with Crippen LogP contribution < -0.4 is 5.32 Å². The molecule has 0 atom stereocenters. The first-order valence-corrected chi connectivity index (χ1v) is 15.1. The Kier molecular flexibility index (Phi) is 9.25. The number of hydrogen-bond donors (Lipinski definition) is 3. The molecule has 204 valence electrons. The molecule has 0 aliphatic carbocycles. The second-order valence-corrected chi connectivity index (χ2v) is 12.1. The fraction of sp³-hybridized carbons (Fsp3) is 0.259. The quantitative estimate of drug-likeness (QED) is 0.129. The summed E-state index contributed by atoms with van der Waals surface area (Å²) in [6.45, 7) is 3.52. The van der Waals surface area contributed by atoms with Crippen LogP contribution >= 0.6 is 31.0 Å². The highest BCUT2D eigenvalue weighted by Gasteiger charge is 2.45. The SMILES string of the molecule is CCC(CC)(c1ccc(NC(=O)CCc2oc(Sc3ncccn3)nc2-c2ccc(Cl)cc2)cc1)P(=O)(O)O. The molecule has 0 aliphatic heterocycles. The molecule has 0 spiro atoms. The monoisotopic (exact) mass is 586 g/mol. The van der Waals surface area contributed by atoms with Crippen molar-refractivity contribution in [3.05, 3.63) is 83.3 Å². The Balaban J connectivity index is 1.48. The minimum atomic E-state index is -4.39. The predicted octanol–water partition coefficient (Wildman–Crippen LogP) is 6.70. The molecule has 0 aliphatic rings. The molecular formula is C27H28ClN4O5PS. The number of carbonyl (C=O) groups excluding carboxylic acids is 1. The molecule has 2 aromatic carbocycles. The van der Waals surface area contributed by atoms with E-state index >= 15 is 0 Å². The van der Waals surface area contributed by atoms with Crippen LogP contribution in [0.4, 0.5) is 5.69 Å². The highest BCUT2D eigenvalue weighted by atomic mass is 35.5. The lowest BCUT2D eigenvalue weighted by atomic mass is 9.92. The van der Waals surface area contributed by atoms with E-state index in [2.05, 4.69) is 20.3 Å². The summed E-state index contributed by atoms with van der Waals surface area (Å²) in [6.07, 6.45) is 4.27. The Morgan fingerprint density at radius 3 is 2.28 bits per heavy atom. The number of halogens is 1. The van der Waals surface area contributed by atoms with Gasteiger partial charge in [0.2, 0.25) is 5.91 Å². The van der Waals surface area contributed by atoms with Gasteiger partial charge in [0.1, 0.15) is 11.5 Å². The molecule has 9 nitrogen and oxygen atoms in total. The van der Waals surface area contributed by atoms with Gasteiger partial charge in [-0.25, -0.2) is 15.0 Å². The number of rotatable bonds is 11. The Morgan fingerprint density at radius 1 is 1.05 bits per heavy atom. The first-order valence-electron chi connectivity index (χ1n) is 12.3. The van der Waals surface area contributed by atoms with Crippen LogP contribution in [0.25, 0.3) is 11.3 Å². The largest absolute Gasteiger partial charge is 0.436 e. The summed E-state index contributed by atoms with van der Waals surface area (Å²) >= 11 is 7.23. The molecule has 0 saturated carbocycles. The number of aryl methyl sites for hydroxylation is 1. The zero-order valence-electron chi connectivity index (χ0n) is 21.4. The van der Waals surface area contributed by atoms with E-state index in [1.165, 1.54) is 11.8 Å². The fourth-order valence-corrected chi connectivity index (χ4v) is 6.44. The number of oxazole rings is 1. The van der Waals surface area contributed by atoms with Crippen molar-refractivity contribution in [2.75, 3.05) is 5.32 Å². The van der Waals surface area contributed by atoms with Gasteiger partial charge < -0.3 is 19.5 Å². The van der Waals surface area contributed by atoms with Gasteiger partial charge in [-0.3, -0.25) is 9.36 Å². The van der Waals surface area contributed by atoms with Crippen molar-refractivity contribution in [1.29, 1.82) is 0 Å². The molecule has 0 bridgehead atoms. The van der Waals surface area contributed by atoms with E-state index in [4.69, 9.17) is 16.0 Å². The minimum absolute atomic E-state index is 0.125. The number of nitrogens with one attached hydrogen (secondary N) is 1. The van der Waals surface area contributed by atoms with Gasteiger partial charge in [-0.15, -0.1) is 0 Å². The van der Waals surface area contributed by atoms with Gasteiger partial charge in [0, 0.05) is 53.3 Å². The third kappa shape index (κ3) is 6.77. The van der Waals surface area contributed by atoms with Crippen molar-refractivity contribution in [2.24, 2.45) is 0 Å². The van der Waals surface area contributed by atoms with Crippen LogP contribution in [-0.2, 0) is 20.9 Å². The zero-order chi connectivity index (χ0) is 28.0. The second kappa shape index (κ2) is 12.4. The lowest BCUT2D eigenvalue weighted by molar-refractivity contribution is -0.116. The highest BCUT2D eigenvalue weighted by molar-refractivity contribution is 7.98. The molecule has 2 aromatic heterocycles. The molecule has 39 heavy (non-hydrogen) atoms. The minimum Gasteiger partial charge on any atom is -0.436 e. The maximum atomic E-state index is 12.8. The normalized spacial score (nSPS) is 11.9. The number of hydrogen-bond acceptors (Lipinski definition) is 7. The number of amides is 1. The van der Waals surface area contributed by atoms with E-state index in [9.17, 15) is 19.1 Å². The van der Waals surface area contributed by atoms with E-state index in [1.807, 2.05) is 12.1 Å². The molecule has 1 amide bonds. The summed E-state index contributed by atoms with van der Waals surface area (Å²) in [5, 5.41) is 3.03. The van der Waals surface area contributed by atoms with Crippen LogP contribution in [0.1, 0.15) is 44.4 Å². The molecule has 0 fully saturated rings. The van der Waals surface area contributed by atoms with Crippen LogP contribution in [0.2, 0.25) is 5.02 Å². The molecule has 4 rings (SSSR count). The van der Waals surface area contributed by atoms with Gasteiger partial charge in [0.05, 0.1) is 5.16 Å². The van der Waals surface area contributed by atoms with Crippen molar-refractivity contribution in [3.8, 4) is 11.3 Å². The van der Waals surface area contributed by atoms with E-state index in [0.717, 1.165) is 5.56 Å². The second-order valence-electron chi connectivity index (χ2n) is 8.80. The molecular weight excluding hydrogens is 559 g/mol. The summed E-state index contributed by atoms with van der Waals surface area (Å²) in [5.41, 5.74) is 2.48. The topological polar surface area (TPSA) is 138 Å².